The van der Waals surface area contributed by atoms with Gasteiger partial charge in [-0.3, -0.25) is 19.2 Å². The molecule has 3 rings (SSSR count). The van der Waals surface area contributed by atoms with E-state index in [9.17, 15) is 33.6 Å². The lowest BCUT2D eigenvalue weighted by atomic mass is 9.95. The molecule has 55 heavy (non-hydrogen) atoms. The first-order valence-electron chi connectivity index (χ1n) is 18.3. The van der Waals surface area contributed by atoms with Crippen molar-refractivity contribution in [1.29, 1.82) is 0 Å². The van der Waals surface area contributed by atoms with Crippen LogP contribution < -0.4 is 15.4 Å². The molecular weight excluding hydrogens is 716 g/mol. The third-order valence-corrected chi connectivity index (χ3v) is 8.04. The topological polar surface area (TPSA) is 198 Å². The number of nitrogens with one attached hydrogen (secondary N) is 2. The smallest absolute Gasteiger partial charge is 0.496 e. The van der Waals surface area contributed by atoms with E-state index >= 15 is 0 Å². The number of carbonyl (C=O) groups is 7. The summed E-state index contributed by atoms with van der Waals surface area (Å²) < 4.78 is 27.7. The lowest BCUT2D eigenvalue weighted by molar-refractivity contribution is -0.134. The largest absolute Gasteiger partial charge is 0.509 e. The molecule has 2 N–H and O–H groups in total. The number of nitrogens with zero attached hydrogens (tertiary/aromatic N) is 2. The Kier molecular flexibility index (Phi) is 14.1. The number of ether oxygens (including phenoxy) is 5. The third kappa shape index (κ3) is 12.7. The van der Waals surface area contributed by atoms with Crippen molar-refractivity contribution in [1.82, 2.24) is 20.1 Å². The number of likely N-dealkylation sites (tertiary alicyclic amines) is 1. The van der Waals surface area contributed by atoms with Crippen LogP contribution in [0.5, 0.6) is 5.75 Å². The van der Waals surface area contributed by atoms with Gasteiger partial charge in [0.1, 0.15) is 34.3 Å². The van der Waals surface area contributed by atoms with Crippen LogP contribution in [-0.4, -0.2) is 100 Å². The molecule has 1 fully saturated rings. The number of methoxy groups -OCH3 is 1. The van der Waals surface area contributed by atoms with Crippen molar-refractivity contribution in [2.45, 2.75) is 124 Å². The van der Waals surface area contributed by atoms with Crippen LogP contribution in [-0.2, 0) is 33.3 Å². The first-order chi connectivity index (χ1) is 25.3. The van der Waals surface area contributed by atoms with Gasteiger partial charge in [0.2, 0.25) is 11.8 Å². The van der Waals surface area contributed by atoms with Crippen LogP contribution in [0.15, 0.2) is 24.3 Å². The summed E-state index contributed by atoms with van der Waals surface area (Å²) in [6.45, 7) is 17.8. The Hall–Kier alpha value is -5.15. The van der Waals surface area contributed by atoms with Gasteiger partial charge in [0.05, 0.1) is 18.7 Å². The first kappa shape index (κ1) is 44.2. The van der Waals surface area contributed by atoms with E-state index in [1.807, 2.05) is 13.8 Å². The number of hydrogen-bond donors (Lipinski definition) is 2. The number of Topliss-reactive ketones (excluding diaryl/α,β-unsaturated/α-hetero) is 1. The summed E-state index contributed by atoms with van der Waals surface area (Å²) in [6.07, 6.45) is -2.73. The summed E-state index contributed by atoms with van der Waals surface area (Å²) in [5.41, 5.74) is -2.46. The molecule has 0 saturated carbocycles. The minimum Gasteiger partial charge on any atom is -0.496 e. The van der Waals surface area contributed by atoms with Crippen LogP contribution in [0.2, 0.25) is 0 Å². The molecule has 1 saturated heterocycles. The average Bonchev–Trinajstić information content (AvgIpc) is 3.61. The molecule has 0 bridgehead atoms. The lowest BCUT2D eigenvalue weighted by Crippen LogP contribution is -2.53. The summed E-state index contributed by atoms with van der Waals surface area (Å²) in [5.74, 6) is -3.53. The van der Waals surface area contributed by atoms with Crippen molar-refractivity contribution in [3.63, 3.8) is 0 Å². The second-order valence-corrected chi connectivity index (χ2v) is 16.9. The molecule has 304 valence electrons. The van der Waals surface area contributed by atoms with Gasteiger partial charge in [-0.05, 0) is 106 Å². The highest BCUT2D eigenvalue weighted by Crippen LogP contribution is 2.30. The van der Waals surface area contributed by atoms with E-state index in [-0.39, 0.29) is 37.4 Å². The van der Waals surface area contributed by atoms with E-state index in [0.717, 1.165) is 9.47 Å². The second kappa shape index (κ2) is 17.5. The van der Waals surface area contributed by atoms with Gasteiger partial charge in [0.25, 0.3) is 5.91 Å². The van der Waals surface area contributed by atoms with Gasteiger partial charge in [-0.25, -0.2) is 23.9 Å². The minimum atomic E-state index is -1.38. The molecule has 1 aromatic carbocycles. The molecule has 3 atom stereocenters. The normalized spacial score (nSPS) is 16.0. The molecule has 0 spiro atoms. The van der Waals surface area contributed by atoms with E-state index < -0.39 is 83.3 Å². The minimum absolute atomic E-state index is 0.0319. The van der Waals surface area contributed by atoms with Crippen LogP contribution in [0.4, 0.5) is 14.4 Å². The molecule has 0 unspecified atom stereocenters. The fourth-order valence-electron chi connectivity index (χ4n) is 5.78. The number of ketones is 1. The molecule has 2 aromatic rings. The Morgan fingerprint density at radius 2 is 1.44 bits per heavy atom. The van der Waals surface area contributed by atoms with E-state index in [1.54, 1.807) is 80.5 Å². The van der Waals surface area contributed by atoms with Crippen molar-refractivity contribution in [3.8, 4) is 5.75 Å². The fraction of sp³-hybridized carbons (Fsp3) is 0.615. The van der Waals surface area contributed by atoms with E-state index in [4.69, 9.17) is 23.7 Å². The standard InChI is InChI=1S/C39H56N4O12/c1-22(2)18-26(41-32(46)28-20-24-27(14-13-15-30(24)51-12)43(28)35(49)54-38(6,7)8)31(45)40-25(29(44)21-52-36(50)55-39(9,10)11)19-23-16-17-42(33(23)47)34(48)53-37(3,4)5/h13-15,20,22-23,25-26H,16-19,21H2,1-12H3,(H,40,45)(H,41,46)/t23-,25-,26-/m0/s1. The number of fused-ring (bicyclic) bond motifs is 1. The van der Waals surface area contributed by atoms with Crippen LogP contribution in [0.25, 0.3) is 10.9 Å². The van der Waals surface area contributed by atoms with Crippen LogP contribution in [0.1, 0.15) is 106 Å². The number of hydrogen-bond acceptors (Lipinski definition) is 12. The van der Waals surface area contributed by atoms with Crippen molar-refractivity contribution in [2.24, 2.45) is 11.8 Å². The van der Waals surface area contributed by atoms with Gasteiger partial charge in [-0.15, -0.1) is 0 Å². The Labute approximate surface area is 321 Å². The zero-order valence-corrected chi connectivity index (χ0v) is 33.9. The number of aromatic nitrogens is 1. The summed E-state index contributed by atoms with van der Waals surface area (Å²) in [4.78, 5) is 94.5. The predicted molar refractivity (Wildman–Crippen MR) is 201 cm³/mol. The zero-order chi connectivity index (χ0) is 41.6. The molecule has 1 aliphatic rings. The van der Waals surface area contributed by atoms with Crippen molar-refractivity contribution >= 4 is 52.7 Å². The summed E-state index contributed by atoms with van der Waals surface area (Å²) in [7, 11) is 1.45. The Morgan fingerprint density at radius 3 is 2.00 bits per heavy atom. The molecule has 16 heteroatoms. The Balaban J connectivity index is 1.94. The van der Waals surface area contributed by atoms with Crippen LogP contribution in [0, 0.1) is 11.8 Å². The molecule has 0 aliphatic carbocycles. The highest BCUT2D eigenvalue weighted by molar-refractivity contribution is 6.06. The number of carbonyl (C=O) groups excluding carboxylic acids is 7. The van der Waals surface area contributed by atoms with E-state index in [1.165, 1.54) is 13.2 Å². The van der Waals surface area contributed by atoms with Gasteiger partial charge in [0, 0.05) is 17.8 Å². The third-order valence-electron chi connectivity index (χ3n) is 8.04. The number of amides is 4. The van der Waals surface area contributed by atoms with Gasteiger partial charge in [0.15, 0.2) is 12.4 Å². The predicted octanol–water partition coefficient (Wildman–Crippen LogP) is 5.76. The maximum Gasteiger partial charge on any atom is 0.509 e. The van der Waals surface area contributed by atoms with E-state index in [0.29, 0.717) is 16.7 Å². The maximum atomic E-state index is 14.1. The van der Waals surface area contributed by atoms with Crippen molar-refractivity contribution < 1.29 is 57.2 Å². The Bertz CT molecular complexity index is 1780. The van der Waals surface area contributed by atoms with Crippen molar-refractivity contribution in [3.05, 3.63) is 30.0 Å². The molecule has 1 aliphatic heterocycles. The number of benzene rings is 1. The maximum absolute atomic E-state index is 14.1. The monoisotopic (exact) mass is 772 g/mol. The fourth-order valence-corrected chi connectivity index (χ4v) is 5.78. The Morgan fingerprint density at radius 1 is 0.836 bits per heavy atom. The molecular formula is C39H56N4O12. The summed E-state index contributed by atoms with van der Waals surface area (Å²) >= 11 is 0. The van der Waals surface area contributed by atoms with Crippen LogP contribution in [0.3, 0.4) is 0 Å². The summed E-state index contributed by atoms with van der Waals surface area (Å²) in [5, 5.41) is 5.81. The van der Waals surface area contributed by atoms with Gasteiger partial charge in [-0.2, -0.15) is 0 Å². The van der Waals surface area contributed by atoms with Crippen LogP contribution >= 0.6 is 0 Å². The second-order valence-electron chi connectivity index (χ2n) is 16.9. The number of rotatable bonds is 12. The molecule has 16 nitrogen and oxygen atoms in total. The lowest BCUT2D eigenvalue weighted by Gasteiger charge is -2.26. The SMILES string of the molecule is COc1cccc2c1cc(C(=O)N[C@@H](CC(C)C)C(=O)N[C@@H](C[C@@H]1CCN(C(=O)OC(C)(C)C)C1=O)C(=O)COC(=O)OC(C)(C)C)n2C(=O)OC(C)(C)C. The molecule has 4 amide bonds. The quantitative estimate of drug-likeness (QED) is 0.196. The highest BCUT2D eigenvalue weighted by atomic mass is 16.7. The van der Waals surface area contributed by atoms with E-state index in [2.05, 4.69) is 10.6 Å². The van der Waals surface area contributed by atoms with Gasteiger partial charge < -0.3 is 34.3 Å². The average molecular weight is 773 g/mol. The summed E-state index contributed by atoms with van der Waals surface area (Å²) in [6, 6.07) is 3.79. The molecule has 0 radical (unpaired) electrons. The molecule has 1 aromatic heterocycles. The van der Waals surface area contributed by atoms with Gasteiger partial charge >= 0.3 is 18.3 Å². The zero-order valence-electron chi connectivity index (χ0n) is 33.9. The highest BCUT2D eigenvalue weighted by Gasteiger charge is 2.41. The first-order valence-corrected chi connectivity index (χ1v) is 18.3. The van der Waals surface area contributed by atoms with Gasteiger partial charge in [-0.1, -0.05) is 19.9 Å². The number of imide groups is 1. The molecule has 2 heterocycles. The van der Waals surface area contributed by atoms with Crippen molar-refractivity contribution in [2.75, 3.05) is 20.3 Å².